The summed E-state index contributed by atoms with van der Waals surface area (Å²) in [5, 5.41) is 10.7. The summed E-state index contributed by atoms with van der Waals surface area (Å²) >= 11 is 3.28. The topological polar surface area (TPSA) is 69.0 Å². The highest BCUT2D eigenvalue weighted by Crippen LogP contribution is 2.39. The molecule has 3 heterocycles. The van der Waals surface area contributed by atoms with Crippen LogP contribution in [0.2, 0.25) is 0 Å². The molecule has 0 bridgehead atoms. The Labute approximate surface area is 162 Å². The number of aryl methyl sites for hydroxylation is 1. The van der Waals surface area contributed by atoms with E-state index >= 15 is 0 Å². The van der Waals surface area contributed by atoms with Crippen LogP contribution in [0.4, 0.5) is 5.95 Å². The van der Waals surface area contributed by atoms with E-state index in [-0.39, 0.29) is 12.0 Å². The van der Waals surface area contributed by atoms with Gasteiger partial charge in [-0.05, 0) is 44.2 Å². The van der Waals surface area contributed by atoms with Crippen molar-refractivity contribution in [1.29, 1.82) is 0 Å². The van der Waals surface area contributed by atoms with Gasteiger partial charge in [0.2, 0.25) is 11.1 Å². The molecule has 0 aliphatic carbocycles. The Morgan fingerprint density at radius 2 is 2.23 bits per heavy atom. The Kier molecular flexibility index (Phi) is 6.03. The van der Waals surface area contributed by atoms with Crippen LogP contribution in [0.3, 0.4) is 0 Å². The van der Waals surface area contributed by atoms with Gasteiger partial charge in [-0.25, -0.2) is 9.48 Å². The van der Waals surface area contributed by atoms with Crippen LogP contribution < -0.4 is 5.32 Å². The second-order valence-electron chi connectivity index (χ2n) is 6.12. The Balaban J connectivity index is 2.03. The molecule has 26 heavy (non-hydrogen) atoms. The van der Waals surface area contributed by atoms with Crippen LogP contribution in [-0.2, 0) is 9.53 Å². The number of rotatable bonds is 7. The van der Waals surface area contributed by atoms with Crippen LogP contribution in [0.1, 0.15) is 50.1 Å². The highest BCUT2D eigenvalue weighted by molar-refractivity contribution is 7.99. The number of nitrogens with zero attached hydrogens (tertiary/aromatic N) is 3. The fourth-order valence-electron chi connectivity index (χ4n) is 2.88. The summed E-state index contributed by atoms with van der Waals surface area (Å²) in [5.41, 5.74) is 2.50. The van der Waals surface area contributed by atoms with Crippen molar-refractivity contribution in [3.8, 4) is 0 Å². The second-order valence-corrected chi connectivity index (χ2v) is 8.13. The molecule has 140 valence electrons. The number of thiophene rings is 1. The highest BCUT2D eigenvalue weighted by Gasteiger charge is 2.36. The first-order valence-corrected chi connectivity index (χ1v) is 10.7. The fraction of sp³-hybridized carbons (Fsp3) is 0.500. The van der Waals surface area contributed by atoms with Crippen molar-refractivity contribution in [2.45, 2.75) is 51.7 Å². The van der Waals surface area contributed by atoms with E-state index in [1.54, 1.807) is 23.1 Å². The molecule has 1 unspecified atom stereocenters. The Morgan fingerprint density at radius 1 is 1.42 bits per heavy atom. The number of nitrogens with one attached hydrogen (secondary N) is 1. The zero-order valence-electron chi connectivity index (χ0n) is 15.5. The maximum atomic E-state index is 12.7. The van der Waals surface area contributed by atoms with Gasteiger partial charge in [0.15, 0.2) is 0 Å². The molecule has 1 atom stereocenters. The van der Waals surface area contributed by atoms with E-state index in [9.17, 15) is 4.79 Å². The monoisotopic (exact) mass is 392 g/mol. The van der Waals surface area contributed by atoms with Crippen LogP contribution in [0.5, 0.6) is 0 Å². The molecule has 0 amide bonds. The van der Waals surface area contributed by atoms with Crippen molar-refractivity contribution >= 4 is 35.0 Å². The molecule has 0 radical (unpaired) electrons. The predicted octanol–water partition coefficient (Wildman–Crippen LogP) is 4.39. The largest absolute Gasteiger partial charge is 0.463 e. The van der Waals surface area contributed by atoms with Crippen LogP contribution in [-0.4, -0.2) is 33.1 Å². The number of unbranched alkanes of at least 4 members (excludes halogenated alkanes) is 1. The van der Waals surface area contributed by atoms with E-state index in [1.165, 1.54) is 0 Å². The first-order valence-electron chi connectivity index (χ1n) is 8.85. The summed E-state index contributed by atoms with van der Waals surface area (Å²) in [4.78, 5) is 18.4. The molecular formula is C18H24N4O2S2. The molecule has 0 fully saturated rings. The summed E-state index contributed by atoms with van der Waals surface area (Å²) in [6.07, 6.45) is 2.27. The maximum Gasteiger partial charge on any atom is 0.338 e. The quantitative estimate of drug-likeness (QED) is 0.428. The number of carbonyl (C=O) groups excluding carboxylic acids is 1. The zero-order valence-corrected chi connectivity index (χ0v) is 17.2. The number of aromatic nitrogens is 3. The van der Waals surface area contributed by atoms with Crippen LogP contribution in [0.15, 0.2) is 27.9 Å². The molecule has 2 aromatic rings. The van der Waals surface area contributed by atoms with Gasteiger partial charge in [-0.2, -0.15) is 4.98 Å². The molecule has 1 N–H and O–H groups in total. The number of thioether (sulfide) groups is 1. The molecule has 0 saturated heterocycles. The number of carbonyl (C=O) groups is 1. The van der Waals surface area contributed by atoms with Gasteiger partial charge >= 0.3 is 5.97 Å². The first kappa shape index (κ1) is 19.0. The lowest BCUT2D eigenvalue weighted by molar-refractivity contribution is -0.139. The normalized spacial score (nSPS) is 16.4. The van der Waals surface area contributed by atoms with E-state index in [2.05, 4.69) is 30.2 Å². The van der Waals surface area contributed by atoms with E-state index in [1.807, 2.05) is 23.9 Å². The van der Waals surface area contributed by atoms with Gasteiger partial charge in [-0.3, -0.25) is 0 Å². The molecular weight excluding hydrogens is 368 g/mol. The maximum absolute atomic E-state index is 12.7. The predicted molar refractivity (Wildman–Crippen MR) is 106 cm³/mol. The molecule has 6 nitrogen and oxygen atoms in total. The summed E-state index contributed by atoms with van der Waals surface area (Å²) in [5.74, 6) is 1.35. The average molecular weight is 393 g/mol. The summed E-state index contributed by atoms with van der Waals surface area (Å²) in [6, 6.07) is 1.76. The highest BCUT2D eigenvalue weighted by atomic mass is 32.2. The number of esters is 1. The number of fused-ring (bicyclic) bond motifs is 1. The van der Waals surface area contributed by atoms with Gasteiger partial charge in [0.25, 0.3) is 0 Å². The molecule has 0 aromatic carbocycles. The second kappa shape index (κ2) is 8.26. The number of hydrogen-bond donors (Lipinski definition) is 1. The Hall–Kier alpha value is -1.80. The van der Waals surface area contributed by atoms with Gasteiger partial charge in [-0.15, -0.1) is 16.4 Å². The first-order chi connectivity index (χ1) is 12.6. The number of ether oxygens (including phenoxy) is 1. The SMILES string of the molecule is CCCCSc1nc2n(n1)C(c1sccc1C)C(C(=O)OCC)=C(C)N2. The number of hydrogen-bond acceptors (Lipinski definition) is 7. The molecule has 1 aliphatic heterocycles. The van der Waals surface area contributed by atoms with E-state index in [0.717, 1.165) is 39.9 Å². The van der Waals surface area contributed by atoms with Crippen LogP contribution in [0.25, 0.3) is 0 Å². The molecule has 0 spiro atoms. The molecule has 0 saturated carbocycles. The zero-order chi connectivity index (χ0) is 18.7. The van der Waals surface area contributed by atoms with Gasteiger partial charge in [0, 0.05) is 16.3 Å². The molecule has 1 aliphatic rings. The lowest BCUT2D eigenvalue weighted by Gasteiger charge is -2.27. The van der Waals surface area contributed by atoms with E-state index in [4.69, 9.17) is 9.84 Å². The number of allylic oxidation sites excluding steroid dienone is 1. The number of anilines is 1. The third-order valence-electron chi connectivity index (χ3n) is 4.21. The van der Waals surface area contributed by atoms with Crippen molar-refractivity contribution in [2.75, 3.05) is 17.7 Å². The van der Waals surface area contributed by atoms with Crippen molar-refractivity contribution in [3.05, 3.63) is 33.2 Å². The van der Waals surface area contributed by atoms with Crippen LogP contribution in [0, 0.1) is 6.92 Å². The summed E-state index contributed by atoms with van der Waals surface area (Å²) in [6.45, 7) is 8.28. The van der Waals surface area contributed by atoms with Crippen molar-refractivity contribution in [3.63, 3.8) is 0 Å². The van der Waals surface area contributed by atoms with Gasteiger partial charge in [0.05, 0.1) is 12.2 Å². The Bertz CT molecular complexity index is 825. The minimum absolute atomic E-state index is 0.307. The van der Waals surface area contributed by atoms with Gasteiger partial charge < -0.3 is 10.1 Å². The fourth-order valence-corrected chi connectivity index (χ4v) is 4.81. The van der Waals surface area contributed by atoms with Crippen molar-refractivity contribution in [1.82, 2.24) is 14.8 Å². The summed E-state index contributed by atoms with van der Waals surface area (Å²) < 4.78 is 7.15. The molecule has 2 aromatic heterocycles. The minimum atomic E-state index is -0.309. The lowest BCUT2D eigenvalue weighted by atomic mass is 10.00. The third kappa shape index (κ3) is 3.66. The van der Waals surface area contributed by atoms with E-state index in [0.29, 0.717) is 18.1 Å². The van der Waals surface area contributed by atoms with Gasteiger partial charge in [0.1, 0.15) is 6.04 Å². The molecule has 3 rings (SSSR count). The average Bonchev–Trinajstić information content (AvgIpc) is 3.19. The van der Waals surface area contributed by atoms with Crippen molar-refractivity contribution in [2.24, 2.45) is 0 Å². The smallest absolute Gasteiger partial charge is 0.338 e. The van der Waals surface area contributed by atoms with Crippen LogP contribution >= 0.6 is 23.1 Å². The van der Waals surface area contributed by atoms with Gasteiger partial charge in [-0.1, -0.05) is 25.1 Å². The Morgan fingerprint density at radius 3 is 2.88 bits per heavy atom. The third-order valence-corrected chi connectivity index (χ3v) is 6.20. The summed E-state index contributed by atoms with van der Waals surface area (Å²) in [7, 11) is 0. The minimum Gasteiger partial charge on any atom is -0.463 e. The standard InChI is InChI=1S/C18H24N4O2S2/c1-5-7-9-26-18-20-17-19-12(4)13(16(23)24-6-2)14(22(17)21-18)15-11(3)8-10-25-15/h8,10,14H,5-7,9H2,1-4H3,(H,19,20,21). The molecule has 8 heteroatoms. The van der Waals surface area contributed by atoms with Crippen molar-refractivity contribution < 1.29 is 9.53 Å². The van der Waals surface area contributed by atoms with E-state index < -0.39 is 0 Å². The lowest BCUT2D eigenvalue weighted by Crippen LogP contribution is -2.29.